The molecule has 126 valence electrons. The van der Waals surface area contributed by atoms with E-state index in [9.17, 15) is 9.90 Å². The summed E-state index contributed by atoms with van der Waals surface area (Å²) in [7, 11) is 0. The standard InChI is InChI=1S/C20H24N2O2/c23-19(16-7-3-1-4-8-16)15-20(24)21-17-9-11-18(12-10-17)22-13-5-2-6-14-22/h1,3-4,7-12,19,23H,2,5-6,13-15H2,(H,21,24). The van der Waals surface area contributed by atoms with Gasteiger partial charge in [-0.25, -0.2) is 0 Å². The van der Waals surface area contributed by atoms with Gasteiger partial charge in [-0.3, -0.25) is 4.79 Å². The van der Waals surface area contributed by atoms with Gasteiger partial charge >= 0.3 is 0 Å². The van der Waals surface area contributed by atoms with E-state index in [0.29, 0.717) is 0 Å². The molecular formula is C20H24N2O2. The molecule has 3 rings (SSSR count). The molecule has 0 spiro atoms. The highest BCUT2D eigenvalue weighted by molar-refractivity contribution is 5.91. The number of rotatable bonds is 5. The SMILES string of the molecule is O=C(CC(O)c1ccccc1)Nc1ccc(N2CCCCC2)cc1. The molecule has 1 amide bonds. The van der Waals surface area contributed by atoms with Gasteiger partial charge in [0.15, 0.2) is 0 Å². The lowest BCUT2D eigenvalue weighted by Gasteiger charge is -2.28. The number of aliphatic hydroxyl groups is 1. The van der Waals surface area contributed by atoms with E-state index in [2.05, 4.69) is 22.3 Å². The quantitative estimate of drug-likeness (QED) is 0.881. The van der Waals surface area contributed by atoms with Crippen LogP contribution in [0, 0.1) is 0 Å². The summed E-state index contributed by atoms with van der Waals surface area (Å²) in [5.41, 5.74) is 2.73. The number of anilines is 2. The van der Waals surface area contributed by atoms with E-state index in [4.69, 9.17) is 0 Å². The Balaban J connectivity index is 1.54. The van der Waals surface area contributed by atoms with Gasteiger partial charge in [-0.15, -0.1) is 0 Å². The van der Waals surface area contributed by atoms with Crippen LogP contribution >= 0.6 is 0 Å². The summed E-state index contributed by atoms with van der Waals surface area (Å²) in [6.07, 6.45) is 3.08. The molecule has 1 atom stereocenters. The monoisotopic (exact) mass is 324 g/mol. The first-order valence-electron chi connectivity index (χ1n) is 8.60. The fraction of sp³-hybridized carbons (Fsp3) is 0.350. The number of piperidine rings is 1. The summed E-state index contributed by atoms with van der Waals surface area (Å²) in [5.74, 6) is -0.183. The van der Waals surface area contributed by atoms with E-state index in [-0.39, 0.29) is 12.3 Å². The molecular weight excluding hydrogens is 300 g/mol. The predicted molar refractivity (Wildman–Crippen MR) is 97.2 cm³/mol. The van der Waals surface area contributed by atoms with Crippen LogP contribution in [0.2, 0.25) is 0 Å². The number of aliphatic hydroxyl groups excluding tert-OH is 1. The molecule has 1 saturated heterocycles. The van der Waals surface area contributed by atoms with Crippen LogP contribution in [-0.2, 0) is 4.79 Å². The van der Waals surface area contributed by atoms with Crippen LogP contribution in [0.4, 0.5) is 11.4 Å². The molecule has 1 unspecified atom stereocenters. The molecule has 0 radical (unpaired) electrons. The molecule has 0 bridgehead atoms. The maximum Gasteiger partial charge on any atom is 0.227 e. The third-order valence-electron chi connectivity index (χ3n) is 4.44. The van der Waals surface area contributed by atoms with Gasteiger partial charge < -0.3 is 15.3 Å². The Morgan fingerprint density at radius 1 is 1.00 bits per heavy atom. The largest absolute Gasteiger partial charge is 0.388 e. The minimum Gasteiger partial charge on any atom is -0.388 e. The van der Waals surface area contributed by atoms with Crippen molar-refractivity contribution in [1.82, 2.24) is 0 Å². The van der Waals surface area contributed by atoms with Crippen LogP contribution in [0.3, 0.4) is 0 Å². The average Bonchev–Trinajstić information content (AvgIpc) is 2.64. The topological polar surface area (TPSA) is 52.6 Å². The lowest BCUT2D eigenvalue weighted by molar-refractivity contribution is -0.118. The minimum atomic E-state index is -0.779. The Kier molecular flexibility index (Phi) is 5.49. The maximum absolute atomic E-state index is 12.1. The van der Waals surface area contributed by atoms with E-state index in [1.54, 1.807) is 0 Å². The molecule has 0 aliphatic carbocycles. The van der Waals surface area contributed by atoms with Crippen LogP contribution in [0.5, 0.6) is 0 Å². The number of hydrogen-bond donors (Lipinski definition) is 2. The van der Waals surface area contributed by atoms with Gasteiger partial charge in [0.2, 0.25) is 5.91 Å². The van der Waals surface area contributed by atoms with Crippen LogP contribution in [0.25, 0.3) is 0 Å². The first-order chi connectivity index (χ1) is 11.7. The molecule has 0 aromatic heterocycles. The fourth-order valence-corrected chi connectivity index (χ4v) is 3.09. The first kappa shape index (κ1) is 16.5. The summed E-state index contributed by atoms with van der Waals surface area (Å²) in [5, 5.41) is 13.0. The van der Waals surface area contributed by atoms with Gasteiger partial charge in [-0.1, -0.05) is 30.3 Å². The van der Waals surface area contributed by atoms with E-state index < -0.39 is 6.10 Å². The Hall–Kier alpha value is -2.33. The second kappa shape index (κ2) is 7.97. The normalized spacial score (nSPS) is 15.8. The number of carbonyl (C=O) groups excluding carboxylic acids is 1. The smallest absolute Gasteiger partial charge is 0.227 e. The molecule has 2 aromatic rings. The third kappa shape index (κ3) is 4.36. The second-order valence-electron chi connectivity index (χ2n) is 6.27. The molecule has 1 fully saturated rings. The number of nitrogens with zero attached hydrogens (tertiary/aromatic N) is 1. The van der Waals surface area contributed by atoms with Gasteiger partial charge in [-0.05, 0) is 49.1 Å². The number of carbonyl (C=O) groups is 1. The van der Waals surface area contributed by atoms with Gasteiger partial charge in [0, 0.05) is 24.5 Å². The zero-order chi connectivity index (χ0) is 16.8. The van der Waals surface area contributed by atoms with Gasteiger partial charge in [0.05, 0.1) is 12.5 Å². The molecule has 0 saturated carbocycles. The predicted octanol–water partition coefficient (Wildman–Crippen LogP) is 3.74. The van der Waals surface area contributed by atoms with Crippen molar-refractivity contribution in [2.75, 3.05) is 23.3 Å². The summed E-state index contributed by atoms with van der Waals surface area (Å²) < 4.78 is 0. The van der Waals surface area contributed by atoms with Crippen molar-refractivity contribution in [1.29, 1.82) is 0 Å². The number of hydrogen-bond acceptors (Lipinski definition) is 3. The zero-order valence-electron chi connectivity index (χ0n) is 13.8. The molecule has 4 heteroatoms. The molecule has 1 heterocycles. The van der Waals surface area contributed by atoms with Gasteiger partial charge in [-0.2, -0.15) is 0 Å². The Bertz CT molecular complexity index is 649. The summed E-state index contributed by atoms with van der Waals surface area (Å²) >= 11 is 0. The maximum atomic E-state index is 12.1. The molecule has 1 aliphatic heterocycles. The van der Waals surface area contributed by atoms with Crippen LogP contribution in [-0.4, -0.2) is 24.1 Å². The minimum absolute atomic E-state index is 0.0535. The molecule has 2 aromatic carbocycles. The van der Waals surface area contributed by atoms with Crippen molar-refractivity contribution in [2.45, 2.75) is 31.8 Å². The summed E-state index contributed by atoms with van der Waals surface area (Å²) in [6, 6.07) is 17.2. The molecule has 2 N–H and O–H groups in total. The van der Waals surface area contributed by atoms with Crippen molar-refractivity contribution < 1.29 is 9.90 Å². The van der Waals surface area contributed by atoms with E-state index in [0.717, 1.165) is 24.3 Å². The van der Waals surface area contributed by atoms with Crippen LogP contribution < -0.4 is 10.2 Å². The molecule has 4 nitrogen and oxygen atoms in total. The Morgan fingerprint density at radius 3 is 2.33 bits per heavy atom. The molecule has 1 aliphatic rings. The van der Waals surface area contributed by atoms with Crippen molar-refractivity contribution >= 4 is 17.3 Å². The number of amides is 1. The average molecular weight is 324 g/mol. The van der Waals surface area contributed by atoms with Crippen molar-refractivity contribution in [3.63, 3.8) is 0 Å². The van der Waals surface area contributed by atoms with Crippen molar-refractivity contribution in [2.24, 2.45) is 0 Å². The molecule has 24 heavy (non-hydrogen) atoms. The highest BCUT2D eigenvalue weighted by Crippen LogP contribution is 2.22. The highest BCUT2D eigenvalue weighted by Gasteiger charge is 2.14. The highest BCUT2D eigenvalue weighted by atomic mass is 16.3. The number of benzene rings is 2. The van der Waals surface area contributed by atoms with E-state index >= 15 is 0 Å². The summed E-state index contributed by atoms with van der Waals surface area (Å²) in [6.45, 7) is 2.21. The fourth-order valence-electron chi connectivity index (χ4n) is 3.09. The third-order valence-corrected chi connectivity index (χ3v) is 4.44. The lowest BCUT2D eigenvalue weighted by Crippen LogP contribution is -2.29. The second-order valence-corrected chi connectivity index (χ2v) is 6.27. The Morgan fingerprint density at radius 2 is 1.67 bits per heavy atom. The first-order valence-corrected chi connectivity index (χ1v) is 8.60. The van der Waals surface area contributed by atoms with Crippen molar-refractivity contribution in [3.8, 4) is 0 Å². The van der Waals surface area contributed by atoms with Gasteiger partial charge in [0.1, 0.15) is 0 Å². The van der Waals surface area contributed by atoms with Crippen LogP contribution in [0.1, 0.15) is 37.4 Å². The zero-order valence-corrected chi connectivity index (χ0v) is 13.8. The number of nitrogens with one attached hydrogen (secondary N) is 1. The van der Waals surface area contributed by atoms with Gasteiger partial charge in [0.25, 0.3) is 0 Å². The van der Waals surface area contributed by atoms with Crippen LogP contribution in [0.15, 0.2) is 54.6 Å². The Labute approximate surface area is 143 Å². The summed E-state index contributed by atoms with van der Waals surface area (Å²) in [4.78, 5) is 14.5. The van der Waals surface area contributed by atoms with Crippen molar-refractivity contribution in [3.05, 3.63) is 60.2 Å². The van der Waals surface area contributed by atoms with E-state index in [1.165, 1.54) is 24.9 Å². The van der Waals surface area contributed by atoms with E-state index in [1.807, 2.05) is 42.5 Å². The lowest BCUT2D eigenvalue weighted by atomic mass is 10.1.